The number of benzene rings is 1. The molecule has 1 heterocycles. The first kappa shape index (κ1) is 18.9. The average Bonchev–Trinajstić information content (AvgIpc) is 2.60. The van der Waals surface area contributed by atoms with Gasteiger partial charge in [-0.1, -0.05) is 17.7 Å². The smallest absolute Gasteiger partial charge is 0.189 e. The standard InChI is InChI=1S/C16H25N5OS2/c1-13-3-5-14(6-4-13)18-16(24)20-19-15(23)17-7-2-8-21-9-11-22-12-10-21/h3-6H,2,7-12H2,1H3,(H2,17,19,23)(H2,18,20,24). The maximum atomic E-state index is 5.33. The van der Waals surface area contributed by atoms with Gasteiger partial charge in [-0.2, -0.15) is 0 Å². The lowest BCUT2D eigenvalue weighted by molar-refractivity contribution is 0.0376. The van der Waals surface area contributed by atoms with Crippen LogP contribution in [0.1, 0.15) is 12.0 Å². The van der Waals surface area contributed by atoms with Gasteiger partial charge in [0.15, 0.2) is 10.2 Å². The Morgan fingerprint density at radius 1 is 1.08 bits per heavy atom. The second kappa shape index (κ2) is 10.4. The summed E-state index contributed by atoms with van der Waals surface area (Å²) < 4.78 is 5.33. The lowest BCUT2D eigenvalue weighted by Crippen LogP contribution is -2.48. The molecule has 24 heavy (non-hydrogen) atoms. The van der Waals surface area contributed by atoms with Crippen molar-refractivity contribution in [2.45, 2.75) is 13.3 Å². The van der Waals surface area contributed by atoms with Gasteiger partial charge in [-0.25, -0.2) is 0 Å². The average molecular weight is 368 g/mol. The number of aryl methyl sites for hydroxylation is 1. The van der Waals surface area contributed by atoms with E-state index in [-0.39, 0.29) is 0 Å². The highest BCUT2D eigenvalue weighted by molar-refractivity contribution is 7.80. The molecule has 1 aliphatic heterocycles. The third-order valence-corrected chi connectivity index (χ3v) is 4.09. The van der Waals surface area contributed by atoms with Crippen LogP contribution < -0.4 is 21.5 Å². The number of thiocarbonyl (C=S) groups is 2. The van der Waals surface area contributed by atoms with E-state index < -0.39 is 0 Å². The number of rotatable bonds is 5. The van der Waals surface area contributed by atoms with Crippen molar-refractivity contribution in [1.29, 1.82) is 0 Å². The predicted octanol–water partition coefficient (Wildman–Crippen LogP) is 1.38. The Morgan fingerprint density at radius 3 is 2.46 bits per heavy atom. The molecule has 4 N–H and O–H groups in total. The van der Waals surface area contributed by atoms with Gasteiger partial charge in [0.25, 0.3) is 0 Å². The highest BCUT2D eigenvalue weighted by atomic mass is 32.1. The number of ether oxygens (including phenoxy) is 1. The predicted molar refractivity (Wildman–Crippen MR) is 106 cm³/mol. The number of hydrogen-bond acceptors (Lipinski definition) is 4. The summed E-state index contributed by atoms with van der Waals surface area (Å²) in [4.78, 5) is 2.40. The van der Waals surface area contributed by atoms with Gasteiger partial charge in [0.2, 0.25) is 0 Å². The summed E-state index contributed by atoms with van der Waals surface area (Å²) in [7, 11) is 0. The quantitative estimate of drug-likeness (QED) is 0.354. The second-order valence-corrected chi connectivity index (χ2v) is 6.45. The molecule has 0 unspecified atom stereocenters. The molecule has 0 saturated carbocycles. The van der Waals surface area contributed by atoms with E-state index >= 15 is 0 Å². The maximum absolute atomic E-state index is 5.33. The van der Waals surface area contributed by atoms with Crippen LogP contribution in [0.25, 0.3) is 0 Å². The summed E-state index contributed by atoms with van der Waals surface area (Å²) in [6, 6.07) is 8.01. The number of morpholine rings is 1. The number of anilines is 1. The first-order valence-corrected chi connectivity index (χ1v) is 8.93. The zero-order valence-corrected chi connectivity index (χ0v) is 15.6. The van der Waals surface area contributed by atoms with Crippen molar-refractivity contribution in [3.63, 3.8) is 0 Å². The molecular weight excluding hydrogens is 342 g/mol. The molecular formula is C16H25N5OS2. The van der Waals surface area contributed by atoms with E-state index in [1.54, 1.807) is 0 Å². The highest BCUT2D eigenvalue weighted by Gasteiger charge is 2.09. The van der Waals surface area contributed by atoms with Crippen LogP contribution >= 0.6 is 24.4 Å². The van der Waals surface area contributed by atoms with Crippen molar-refractivity contribution in [3.05, 3.63) is 29.8 Å². The van der Waals surface area contributed by atoms with Crippen molar-refractivity contribution < 1.29 is 4.74 Å². The highest BCUT2D eigenvalue weighted by Crippen LogP contribution is 2.07. The minimum absolute atomic E-state index is 0.469. The summed E-state index contributed by atoms with van der Waals surface area (Å²) in [5.41, 5.74) is 7.90. The second-order valence-electron chi connectivity index (χ2n) is 5.63. The van der Waals surface area contributed by atoms with Crippen molar-refractivity contribution in [1.82, 2.24) is 21.1 Å². The van der Waals surface area contributed by atoms with Crippen molar-refractivity contribution in [3.8, 4) is 0 Å². The minimum atomic E-state index is 0.469. The van der Waals surface area contributed by atoms with Crippen LogP contribution in [0.15, 0.2) is 24.3 Å². The molecule has 1 aromatic rings. The van der Waals surface area contributed by atoms with Gasteiger partial charge >= 0.3 is 0 Å². The summed E-state index contributed by atoms with van der Waals surface area (Å²) >= 11 is 10.4. The Balaban J connectivity index is 1.53. The van der Waals surface area contributed by atoms with E-state index in [0.717, 1.165) is 51.5 Å². The van der Waals surface area contributed by atoms with Gasteiger partial charge in [-0.3, -0.25) is 15.8 Å². The fourth-order valence-electron chi connectivity index (χ4n) is 2.29. The molecule has 1 fully saturated rings. The topological polar surface area (TPSA) is 60.6 Å². The Labute approximate surface area is 154 Å². The molecule has 0 atom stereocenters. The Kier molecular flexibility index (Phi) is 8.17. The third kappa shape index (κ3) is 7.39. The van der Waals surface area contributed by atoms with Gasteiger partial charge in [-0.05, 0) is 56.5 Å². The van der Waals surface area contributed by atoms with E-state index in [9.17, 15) is 0 Å². The molecule has 0 aromatic heterocycles. The van der Waals surface area contributed by atoms with E-state index in [2.05, 4.69) is 26.4 Å². The van der Waals surface area contributed by atoms with E-state index in [4.69, 9.17) is 29.2 Å². The molecule has 0 spiro atoms. The fourth-order valence-corrected chi connectivity index (χ4v) is 2.61. The molecule has 1 aromatic carbocycles. The lowest BCUT2D eigenvalue weighted by atomic mass is 10.2. The van der Waals surface area contributed by atoms with E-state index in [0.29, 0.717) is 10.2 Å². The van der Waals surface area contributed by atoms with Crippen LogP contribution in [-0.4, -0.2) is 54.5 Å². The first-order chi connectivity index (χ1) is 11.6. The van der Waals surface area contributed by atoms with Crippen LogP contribution in [-0.2, 0) is 4.74 Å². The van der Waals surface area contributed by atoms with Gasteiger partial charge in [0.05, 0.1) is 13.2 Å². The summed E-state index contributed by atoms with van der Waals surface area (Å²) in [6.45, 7) is 7.63. The first-order valence-electron chi connectivity index (χ1n) is 8.11. The van der Waals surface area contributed by atoms with Crippen LogP contribution in [0.3, 0.4) is 0 Å². The number of hydrogen-bond donors (Lipinski definition) is 4. The lowest BCUT2D eigenvalue weighted by Gasteiger charge is -2.26. The van der Waals surface area contributed by atoms with Gasteiger partial charge in [0.1, 0.15) is 0 Å². The SMILES string of the molecule is Cc1ccc(NC(=S)NNC(=S)NCCCN2CCOCC2)cc1. The summed E-state index contributed by atoms with van der Waals surface area (Å²) in [5.74, 6) is 0. The van der Waals surface area contributed by atoms with Crippen molar-refractivity contribution in [2.24, 2.45) is 0 Å². The molecule has 0 amide bonds. The molecule has 8 heteroatoms. The van der Waals surface area contributed by atoms with E-state index in [1.807, 2.05) is 31.2 Å². The Hall–Kier alpha value is -1.48. The van der Waals surface area contributed by atoms with Gasteiger partial charge in [-0.15, -0.1) is 0 Å². The van der Waals surface area contributed by atoms with Crippen LogP contribution in [0.5, 0.6) is 0 Å². The third-order valence-electron chi connectivity index (χ3n) is 3.64. The van der Waals surface area contributed by atoms with Gasteiger partial charge in [0, 0.05) is 25.3 Å². The van der Waals surface area contributed by atoms with Gasteiger partial charge < -0.3 is 15.4 Å². The minimum Gasteiger partial charge on any atom is -0.379 e. The molecule has 6 nitrogen and oxygen atoms in total. The zero-order chi connectivity index (χ0) is 17.2. The largest absolute Gasteiger partial charge is 0.379 e. The molecule has 2 rings (SSSR count). The van der Waals surface area contributed by atoms with Crippen LogP contribution in [0.4, 0.5) is 5.69 Å². The molecule has 1 aliphatic rings. The molecule has 1 saturated heterocycles. The normalized spacial score (nSPS) is 14.7. The molecule has 132 valence electrons. The van der Waals surface area contributed by atoms with Crippen molar-refractivity contribution in [2.75, 3.05) is 44.7 Å². The fraction of sp³-hybridized carbons (Fsp3) is 0.500. The van der Waals surface area contributed by atoms with Crippen LogP contribution in [0.2, 0.25) is 0 Å². The molecule has 0 aliphatic carbocycles. The number of nitrogens with zero attached hydrogens (tertiary/aromatic N) is 1. The zero-order valence-electron chi connectivity index (χ0n) is 13.9. The monoisotopic (exact) mass is 367 g/mol. The van der Waals surface area contributed by atoms with Crippen LogP contribution in [0, 0.1) is 6.92 Å². The Bertz CT molecular complexity index is 532. The van der Waals surface area contributed by atoms with E-state index in [1.165, 1.54) is 5.56 Å². The summed E-state index contributed by atoms with van der Waals surface area (Å²) in [5, 5.41) is 7.25. The maximum Gasteiger partial charge on any atom is 0.189 e. The Morgan fingerprint density at radius 2 is 1.75 bits per heavy atom. The van der Waals surface area contributed by atoms with Crippen molar-refractivity contribution >= 4 is 40.3 Å². The number of nitrogens with one attached hydrogen (secondary N) is 4. The summed E-state index contributed by atoms with van der Waals surface area (Å²) in [6.07, 6.45) is 1.04. The molecule has 0 bridgehead atoms. The number of hydrazine groups is 1. The molecule has 0 radical (unpaired) electrons.